The number of carbonyl (C=O) groups is 1. The van der Waals surface area contributed by atoms with Crippen LogP contribution in [-0.2, 0) is 21.1 Å². The van der Waals surface area contributed by atoms with E-state index in [1.165, 1.54) is 11.0 Å². The van der Waals surface area contributed by atoms with Gasteiger partial charge in [-0.3, -0.25) is 4.79 Å². The van der Waals surface area contributed by atoms with Gasteiger partial charge in [-0.15, -0.1) is 0 Å². The minimum atomic E-state index is -3.03. The summed E-state index contributed by atoms with van der Waals surface area (Å²) in [6.07, 6.45) is 2.23. The van der Waals surface area contributed by atoms with E-state index < -0.39 is 9.84 Å². The molecule has 118 valence electrons. The van der Waals surface area contributed by atoms with Gasteiger partial charge in [-0.05, 0) is 18.1 Å². The average molecular weight is 324 g/mol. The number of rotatable bonds is 3. The molecule has 0 radical (unpaired) electrons. The van der Waals surface area contributed by atoms with Crippen molar-refractivity contribution in [3.8, 4) is 0 Å². The number of hydrogen-bond donors (Lipinski definition) is 1. The second-order valence-electron chi connectivity index (χ2n) is 5.71. The summed E-state index contributed by atoms with van der Waals surface area (Å²) in [7, 11) is -1.40. The highest BCUT2D eigenvalue weighted by Gasteiger charge is 2.32. The van der Waals surface area contributed by atoms with Crippen LogP contribution in [0.5, 0.6) is 0 Å². The number of fused-ring (bicyclic) bond motifs is 1. The van der Waals surface area contributed by atoms with Gasteiger partial charge in [0.25, 0.3) is 0 Å². The predicted molar refractivity (Wildman–Crippen MR) is 81.8 cm³/mol. The van der Waals surface area contributed by atoms with Crippen molar-refractivity contribution in [2.24, 2.45) is 0 Å². The van der Waals surface area contributed by atoms with Crippen molar-refractivity contribution in [2.75, 3.05) is 18.6 Å². The van der Waals surface area contributed by atoms with Crippen molar-refractivity contribution in [1.82, 2.24) is 9.88 Å². The fourth-order valence-corrected chi connectivity index (χ4v) is 4.67. The molecule has 1 saturated heterocycles. The first kappa shape index (κ1) is 15.0. The molecule has 5 nitrogen and oxygen atoms in total. The van der Waals surface area contributed by atoms with Gasteiger partial charge in [0.1, 0.15) is 5.82 Å². The molecule has 1 unspecified atom stereocenters. The fraction of sp³-hybridized carbons (Fsp3) is 0.400. The molecule has 7 heteroatoms. The van der Waals surface area contributed by atoms with E-state index in [9.17, 15) is 17.6 Å². The van der Waals surface area contributed by atoms with Crippen molar-refractivity contribution in [3.05, 3.63) is 35.8 Å². The summed E-state index contributed by atoms with van der Waals surface area (Å²) < 4.78 is 36.7. The third-order valence-corrected chi connectivity index (χ3v) is 5.99. The van der Waals surface area contributed by atoms with E-state index in [0.29, 0.717) is 22.9 Å². The first-order chi connectivity index (χ1) is 10.4. The molecule has 1 aromatic carbocycles. The van der Waals surface area contributed by atoms with Gasteiger partial charge in [-0.25, -0.2) is 12.8 Å². The minimum absolute atomic E-state index is 0.0255. The second-order valence-corrected chi connectivity index (χ2v) is 7.94. The number of halogens is 1. The molecule has 3 rings (SSSR count). The zero-order valence-electron chi connectivity index (χ0n) is 12.2. The third kappa shape index (κ3) is 2.72. The van der Waals surface area contributed by atoms with Gasteiger partial charge < -0.3 is 9.88 Å². The molecule has 22 heavy (non-hydrogen) atoms. The Kier molecular flexibility index (Phi) is 3.68. The molecule has 0 bridgehead atoms. The summed E-state index contributed by atoms with van der Waals surface area (Å²) in [5.41, 5.74) is 1.10. The number of carbonyl (C=O) groups excluding carboxylic acids is 1. The van der Waals surface area contributed by atoms with Crippen LogP contribution in [0.3, 0.4) is 0 Å². The van der Waals surface area contributed by atoms with Gasteiger partial charge in [0, 0.05) is 24.7 Å². The van der Waals surface area contributed by atoms with Crippen LogP contribution in [0.4, 0.5) is 4.39 Å². The Hall–Kier alpha value is -1.89. The number of para-hydroxylation sites is 1. The van der Waals surface area contributed by atoms with Crippen molar-refractivity contribution in [2.45, 2.75) is 18.9 Å². The zero-order valence-corrected chi connectivity index (χ0v) is 13.0. The molecule has 0 saturated carbocycles. The quantitative estimate of drug-likeness (QED) is 0.930. The SMILES string of the molecule is CN(C(=O)Cc1c[nH]c2c(F)cccc12)C1CCS(=O)(=O)C1. The minimum Gasteiger partial charge on any atom is -0.359 e. The summed E-state index contributed by atoms with van der Waals surface area (Å²) in [5.74, 6) is -0.357. The predicted octanol–water partition coefficient (Wildman–Crippen LogP) is 1.49. The summed E-state index contributed by atoms with van der Waals surface area (Å²) >= 11 is 0. The van der Waals surface area contributed by atoms with E-state index in [4.69, 9.17) is 0 Å². The molecule has 1 amide bonds. The Morgan fingerprint density at radius 3 is 2.91 bits per heavy atom. The zero-order chi connectivity index (χ0) is 15.9. The maximum atomic E-state index is 13.6. The Bertz CT molecular complexity index is 828. The molecule has 1 aliphatic heterocycles. The Morgan fingerprint density at radius 2 is 2.23 bits per heavy atom. The third-order valence-electron chi connectivity index (χ3n) is 4.24. The molecule has 1 atom stereocenters. The number of aromatic amines is 1. The first-order valence-electron chi connectivity index (χ1n) is 7.08. The van der Waals surface area contributed by atoms with E-state index in [1.807, 2.05) is 0 Å². The van der Waals surface area contributed by atoms with Crippen molar-refractivity contribution in [1.29, 1.82) is 0 Å². The Labute approximate surface area is 128 Å². The number of hydrogen-bond acceptors (Lipinski definition) is 3. The Balaban J connectivity index is 1.77. The number of aromatic nitrogens is 1. The molecule has 1 aliphatic rings. The summed E-state index contributed by atoms with van der Waals surface area (Å²) in [4.78, 5) is 16.7. The largest absolute Gasteiger partial charge is 0.359 e. The van der Waals surface area contributed by atoms with E-state index >= 15 is 0 Å². The topological polar surface area (TPSA) is 70.2 Å². The highest BCUT2D eigenvalue weighted by Crippen LogP contribution is 2.23. The van der Waals surface area contributed by atoms with Gasteiger partial charge in [0.05, 0.1) is 23.4 Å². The van der Waals surface area contributed by atoms with Gasteiger partial charge in [0.2, 0.25) is 5.91 Å². The molecule has 2 heterocycles. The molecule has 1 fully saturated rings. The Morgan fingerprint density at radius 1 is 1.45 bits per heavy atom. The highest BCUT2D eigenvalue weighted by molar-refractivity contribution is 7.91. The fourth-order valence-electron chi connectivity index (χ4n) is 2.89. The van der Waals surface area contributed by atoms with Crippen LogP contribution in [-0.4, -0.2) is 48.8 Å². The number of nitrogens with zero attached hydrogens (tertiary/aromatic N) is 1. The normalized spacial score (nSPS) is 20.4. The lowest BCUT2D eigenvalue weighted by Crippen LogP contribution is -2.38. The van der Waals surface area contributed by atoms with Crippen LogP contribution in [0.1, 0.15) is 12.0 Å². The second kappa shape index (κ2) is 5.39. The molecule has 1 N–H and O–H groups in total. The summed E-state index contributed by atoms with van der Waals surface area (Å²) in [5, 5.41) is 0.681. The molecule has 0 aliphatic carbocycles. The van der Waals surface area contributed by atoms with Crippen LogP contribution in [0.25, 0.3) is 10.9 Å². The number of nitrogens with one attached hydrogen (secondary N) is 1. The lowest BCUT2D eigenvalue weighted by molar-refractivity contribution is -0.130. The number of amides is 1. The average Bonchev–Trinajstić information content (AvgIpc) is 3.03. The van der Waals surface area contributed by atoms with Crippen molar-refractivity contribution >= 4 is 26.6 Å². The van der Waals surface area contributed by atoms with E-state index in [2.05, 4.69) is 4.98 Å². The molecule has 2 aromatic rings. The van der Waals surface area contributed by atoms with Gasteiger partial charge >= 0.3 is 0 Å². The first-order valence-corrected chi connectivity index (χ1v) is 8.90. The number of H-pyrrole nitrogens is 1. The monoisotopic (exact) mass is 324 g/mol. The molecular formula is C15H17FN2O3S. The van der Waals surface area contributed by atoms with E-state index in [-0.39, 0.29) is 35.7 Å². The van der Waals surface area contributed by atoms with Crippen LogP contribution in [0.2, 0.25) is 0 Å². The van der Waals surface area contributed by atoms with Crippen LogP contribution in [0.15, 0.2) is 24.4 Å². The highest BCUT2D eigenvalue weighted by atomic mass is 32.2. The lowest BCUT2D eigenvalue weighted by Gasteiger charge is -2.23. The maximum absolute atomic E-state index is 13.6. The standard InChI is InChI=1S/C15H17FN2O3S/c1-18(11-5-6-22(20,21)9-11)14(19)7-10-8-17-15-12(10)3-2-4-13(15)16/h2-4,8,11,17H,5-7,9H2,1H3. The number of likely N-dealkylation sites (N-methyl/N-ethyl adjacent to an activating group) is 1. The van der Waals surface area contributed by atoms with Gasteiger partial charge in [0.15, 0.2) is 9.84 Å². The van der Waals surface area contributed by atoms with Gasteiger partial charge in [-0.2, -0.15) is 0 Å². The maximum Gasteiger partial charge on any atom is 0.227 e. The van der Waals surface area contributed by atoms with Crippen LogP contribution >= 0.6 is 0 Å². The van der Waals surface area contributed by atoms with E-state index in [1.54, 1.807) is 25.4 Å². The van der Waals surface area contributed by atoms with Crippen LogP contribution in [0, 0.1) is 5.82 Å². The smallest absolute Gasteiger partial charge is 0.227 e. The molecular weight excluding hydrogens is 307 g/mol. The van der Waals surface area contributed by atoms with Crippen molar-refractivity contribution in [3.63, 3.8) is 0 Å². The number of sulfone groups is 1. The van der Waals surface area contributed by atoms with E-state index in [0.717, 1.165) is 0 Å². The summed E-state index contributed by atoms with van der Waals surface area (Å²) in [6.45, 7) is 0. The number of benzene rings is 1. The van der Waals surface area contributed by atoms with Crippen molar-refractivity contribution < 1.29 is 17.6 Å². The van der Waals surface area contributed by atoms with Gasteiger partial charge in [-0.1, -0.05) is 12.1 Å². The molecule has 1 aromatic heterocycles. The molecule has 0 spiro atoms. The lowest BCUT2D eigenvalue weighted by atomic mass is 10.1. The summed E-state index contributed by atoms with van der Waals surface area (Å²) in [6, 6.07) is 4.46. The van der Waals surface area contributed by atoms with Crippen LogP contribution < -0.4 is 0 Å².